The van der Waals surface area contributed by atoms with Crippen LogP contribution in [-0.2, 0) is 6.54 Å². The minimum Gasteiger partial charge on any atom is -0.493 e. The highest BCUT2D eigenvalue weighted by molar-refractivity contribution is 5.68. The maximum Gasteiger partial charge on any atom is 0.171 e. The number of nitrogens with zero attached hydrogens (tertiary/aromatic N) is 3. The second-order valence-electron chi connectivity index (χ2n) is 3.89. The Bertz CT molecular complexity index is 523. The van der Waals surface area contributed by atoms with E-state index >= 15 is 0 Å². The Morgan fingerprint density at radius 3 is 2.72 bits per heavy atom. The van der Waals surface area contributed by atoms with Gasteiger partial charge in [0.2, 0.25) is 0 Å². The first-order chi connectivity index (χ1) is 8.81. The van der Waals surface area contributed by atoms with E-state index in [2.05, 4.69) is 17.1 Å². The van der Waals surface area contributed by atoms with E-state index in [1.807, 2.05) is 22.8 Å². The van der Waals surface area contributed by atoms with Crippen molar-refractivity contribution in [1.82, 2.24) is 14.8 Å². The number of aromatic nitrogens is 3. The van der Waals surface area contributed by atoms with E-state index in [-0.39, 0.29) is 0 Å². The summed E-state index contributed by atoms with van der Waals surface area (Å²) in [6, 6.07) is 5.74. The number of ether oxygens (including phenoxy) is 2. The van der Waals surface area contributed by atoms with Crippen LogP contribution in [0.4, 0.5) is 0 Å². The summed E-state index contributed by atoms with van der Waals surface area (Å²) in [5.74, 6) is 2.18. The average molecular weight is 247 g/mol. The van der Waals surface area contributed by atoms with Crippen molar-refractivity contribution >= 4 is 0 Å². The zero-order valence-corrected chi connectivity index (χ0v) is 10.9. The Labute approximate surface area is 106 Å². The van der Waals surface area contributed by atoms with Gasteiger partial charge in [-0.25, -0.2) is 0 Å². The summed E-state index contributed by atoms with van der Waals surface area (Å²) in [6.07, 6.45) is 2.76. The van der Waals surface area contributed by atoms with E-state index in [0.717, 1.165) is 24.4 Å². The summed E-state index contributed by atoms with van der Waals surface area (Å²) in [7, 11) is 3.25. The number of hydrogen-bond donors (Lipinski definition) is 0. The van der Waals surface area contributed by atoms with Crippen LogP contribution < -0.4 is 9.47 Å². The molecular formula is C13H17N3O2. The maximum absolute atomic E-state index is 5.42. The lowest BCUT2D eigenvalue weighted by Gasteiger charge is -2.12. The van der Waals surface area contributed by atoms with Gasteiger partial charge in [0.25, 0.3) is 0 Å². The SMILES string of the molecule is CCCn1cnnc1-c1cccc(OC)c1OC. The molecule has 0 aliphatic rings. The van der Waals surface area contributed by atoms with Gasteiger partial charge in [-0.1, -0.05) is 13.0 Å². The standard InChI is InChI=1S/C13H17N3O2/c1-4-8-16-9-14-15-13(16)10-6-5-7-11(17-2)12(10)18-3/h5-7,9H,4,8H2,1-3H3. The van der Waals surface area contributed by atoms with Crippen molar-refractivity contribution in [2.75, 3.05) is 14.2 Å². The van der Waals surface area contributed by atoms with Crippen LogP contribution in [0.15, 0.2) is 24.5 Å². The van der Waals surface area contributed by atoms with Gasteiger partial charge in [0.1, 0.15) is 6.33 Å². The highest BCUT2D eigenvalue weighted by Crippen LogP contribution is 2.36. The van der Waals surface area contributed by atoms with Crippen molar-refractivity contribution in [3.8, 4) is 22.9 Å². The van der Waals surface area contributed by atoms with Gasteiger partial charge in [-0.3, -0.25) is 0 Å². The monoisotopic (exact) mass is 247 g/mol. The van der Waals surface area contributed by atoms with Gasteiger partial charge in [-0.05, 0) is 18.6 Å². The Hall–Kier alpha value is -2.04. The number of aryl methyl sites for hydroxylation is 1. The molecule has 0 bridgehead atoms. The third kappa shape index (κ3) is 2.16. The fourth-order valence-electron chi connectivity index (χ4n) is 1.93. The van der Waals surface area contributed by atoms with Crippen molar-refractivity contribution < 1.29 is 9.47 Å². The molecule has 0 radical (unpaired) electrons. The molecule has 18 heavy (non-hydrogen) atoms. The van der Waals surface area contributed by atoms with Gasteiger partial charge in [-0.15, -0.1) is 10.2 Å². The summed E-state index contributed by atoms with van der Waals surface area (Å²) in [5, 5.41) is 8.13. The van der Waals surface area contributed by atoms with Crippen LogP contribution in [0.3, 0.4) is 0 Å². The molecule has 0 saturated heterocycles. The predicted molar refractivity (Wildman–Crippen MR) is 68.9 cm³/mol. The van der Waals surface area contributed by atoms with Crippen molar-refractivity contribution in [2.24, 2.45) is 0 Å². The van der Waals surface area contributed by atoms with E-state index in [4.69, 9.17) is 9.47 Å². The van der Waals surface area contributed by atoms with Crippen molar-refractivity contribution in [3.63, 3.8) is 0 Å². The first kappa shape index (κ1) is 12.4. The number of hydrogen-bond acceptors (Lipinski definition) is 4. The second-order valence-corrected chi connectivity index (χ2v) is 3.89. The minimum absolute atomic E-state index is 0.686. The van der Waals surface area contributed by atoms with Gasteiger partial charge in [-0.2, -0.15) is 0 Å². The Balaban J connectivity index is 2.52. The number of benzene rings is 1. The highest BCUT2D eigenvalue weighted by Gasteiger charge is 2.15. The van der Waals surface area contributed by atoms with Crippen LogP contribution in [0.2, 0.25) is 0 Å². The maximum atomic E-state index is 5.42. The molecule has 2 rings (SSSR count). The number of methoxy groups -OCH3 is 2. The molecule has 0 unspecified atom stereocenters. The van der Waals surface area contributed by atoms with Gasteiger partial charge in [0.15, 0.2) is 17.3 Å². The van der Waals surface area contributed by atoms with Crippen molar-refractivity contribution in [3.05, 3.63) is 24.5 Å². The normalized spacial score (nSPS) is 10.4. The molecule has 1 aromatic carbocycles. The fraction of sp³-hybridized carbons (Fsp3) is 0.385. The van der Waals surface area contributed by atoms with Crippen molar-refractivity contribution in [2.45, 2.75) is 19.9 Å². The zero-order valence-electron chi connectivity index (χ0n) is 10.9. The largest absolute Gasteiger partial charge is 0.493 e. The van der Waals surface area contributed by atoms with E-state index in [1.54, 1.807) is 20.5 Å². The molecule has 1 heterocycles. The zero-order chi connectivity index (χ0) is 13.0. The van der Waals surface area contributed by atoms with Gasteiger partial charge in [0, 0.05) is 6.54 Å². The lowest BCUT2D eigenvalue weighted by atomic mass is 10.1. The third-order valence-corrected chi connectivity index (χ3v) is 2.72. The van der Waals surface area contributed by atoms with E-state index in [0.29, 0.717) is 11.5 Å². The molecule has 0 amide bonds. The average Bonchev–Trinajstić information content (AvgIpc) is 2.86. The summed E-state index contributed by atoms with van der Waals surface area (Å²) >= 11 is 0. The van der Waals surface area contributed by atoms with Crippen molar-refractivity contribution in [1.29, 1.82) is 0 Å². The summed E-state index contributed by atoms with van der Waals surface area (Å²) in [6.45, 7) is 3.00. The lowest BCUT2D eigenvalue weighted by Crippen LogP contribution is -2.01. The van der Waals surface area contributed by atoms with Crippen LogP contribution >= 0.6 is 0 Å². The smallest absolute Gasteiger partial charge is 0.171 e. The third-order valence-electron chi connectivity index (χ3n) is 2.72. The number of para-hydroxylation sites is 1. The van der Waals surface area contributed by atoms with Crippen LogP contribution in [0.1, 0.15) is 13.3 Å². The molecule has 0 aliphatic heterocycles. The molecule has 0 atom stereocenters. The molecule has 96 valence electrons. The molecule has 0 aliphatic carbocycles. The summed E-state index contributed by atoms with van der Waals surface area (Å²) in [4.78, 5) is 0. The molecule has 5 nitrogen and oxygen atoms in total. The van der Waals surface area contributed by atoms with E-state index in [1.165, 1.54) is 0 Å². The van der Waals surface area contributed by atoms with E-state index in [9.17, 15) is 0 Å². The molecule has 0 N–H and O–H groups in total. The van der Waals surface area contributed by atoms with Crippen LogP contribution in [0.25, 0.3) is 11.4 Å². The summed E-state index contributed by atoms with van der Waals surface area (Å²) < 4.78 is 12.7. The fourth-order valence-corrected chi connectivity index (χ4v) is 1.93. The Kier molecular flexibility index (Phi) is 3.82. The molecule has 1 aromatic heterocycles. The van der Waals surface area contributed by atoms with Gasteiger partial charge >= 0.3 is 0 Å². The quantitative estimate of drug-likeness (QED) is 0.814. The van der Waals surface area contributed by atoms with Gasteiger partial charge < -0.3 is 14.0 Å². The highest BCUT2D eigenvalue weighted by atomic mass is 16.5. The Morgan fingerprint density at radius 1 is 1.22 bits per heavy atom. The molecule has 5 heteroatoms. The summed E-state index contributed by atoms with van der Waals surface area (Å²) in [5.41, 5.74) is 0.891. The first-order valence-corrected chi connectivity index (χ1v) is 5.91. The predicted octanol–water partition coefficient (Wildman–Crippen LogP) is 2.37. The number of rotatable bonds is 5. The molecule has 0 saturated carbocycles. The van der Waals surface area contributed by atoms with Gasteiger partial charge in [0.05, 0.1) is 19.8 Å². The topological polar surface area (TPSA) is 49.2 Å². The molecule has 0 fully saturated rings. The Morgan fingerprint density at radius 2 is 2.06 bits per heavy atom. The molecule has 2 aromatic rings. The minimum atomic E-state index is 0.686. The molecule has 0 spiro atoms. The van der Waals surface area contributed by atoms with Crippen LogP contribution in [0.5, 0.6) is 11.5 Å². The lowest BCUT2D eigenvalue weighted by molar-refractivity contribution is 0.356. The van der Waals surface area contributed by atoms with Crippen LogP contribution in [-0.4, -0.2) is 29.0 Å². The second kappa shape index (κ2) is 5.53. The van der Waals surface area contributed by atoms with E-state index < -0.39 is 0 Å². The molecular weight excluding hydrogens is 230 g/mol. The van der Waals surface area contributed by atoms with Crippen LogP contribution in [0, 0.1) is 0 Å². The first-order valence-electron chi connectivity index (χ1n) is 5.91.